The van der Waals surface area contributed by atoms with Crippen molar-refractivity contribution in [1.29, 1.82) is 0 Å². The number of carboxylic acid groups (broad SMARTS) is 1. The van der Waals surface area contributed by atoms with E-state index in [4.69, 9.17) is 5.11 Å². The fourth-order valence-corrected chi connectivity index (χ4v) is 3.10. The minimum atomic E-state index is -0.863. The minimum Gasteiger partial charge on any atom is -0.481 e. The highest BCUT2D eigenvalue weighted by Gasteiger charge is 2.37. The molecule has 3 rings (SSSR count). The Labute approximate surface area is 115 Å². The maximum atomic E-state index is 13.2. The largest absolute Gasteiger partial charge is 0.481 e. The van der Waals surface area contributed by atoms with Gasteiger partial charge in [-0.2, -0.15) is 4.39 Å². The Balaban J connectivity index is 1.93. The van der Waals surface area contributed by atoms with E-state index in [1.807, 2.05) is 0 Å². The van der Waals surface area contributed by atoms with Crippen molar-refractivity contribution >= 4 is 11.9 Å². The van der Waals surface area contributed by atoms with E-state index in [-0.39, 0.29) is 18.5 Å². The number of hydrogen-bond donors (Lipinski definition) is 1. The van der Waals surface area contributed by atoms with Crippen LogP contribution >= 0.6 is 0 Å². The number of hydrogen-bond acceptors (Lipinski definition) is 3. The molecule has 2 atom stereocenters. The zero-order valence-corrected chi connectivity index (χ0v) is 10.9. The van der Waals surface area contributed by atoms with Gasteiger partial charge in [0.2, 0.25) is 5.95 Å². The van der Waals surface area contributed by atoms with Gasteiger partial charge in [-0.3, -0.25) is 9.59 Å². The molecule has 0 spiro atoms. The van der Waals surface area contributed by atoms with Crippen LogP contribution in [-0.2, 0) is 11.2 Å². The van der Waals surface area contributed by atoms with E-state index in [9.17, 15) is 14.0 Å². The third-order valence-electron chi connectivity index (χ3n) is 4.20. The average Bonchev–Trinajstić information content (AvgIpc) is 2.56. The lowest BCUT2D eigenvalue weighted by Crippen LogP contribution is -2.47. The predicted molar refractivity (Wildman–Crippen MR) is 67.7 cm³/mol. The summed E-state index contributed by atoms with van der Waals surface area (Å²) in [7, 11) is 0. The summed E-state index contributed by atoms with van der Waals surface area (Å²) in [5.74, 6) is -2.18. The van der Waals surface area contributed by atoms with Crippen molar-refractivity contribution in [2.75, 3.05) is 6.54 Å². The molecule has 0 aromatic carbocycles. The first-order valence-corrected chi connectivity index (χ1v) is 6.75. The molecule has 1 aromatic heterocycles. The minimum absolute atomic E-state index is 0.0374. The summed E-state index contributed by atoms with van der Waals surface area (Å²) in [4.78, 5) is 29.1. The zero-order valence-electron chi connectivity index (χ0n) is 10.9. The van der Waals surface area contributed by atoms with E-state index in [2.05, 4.69) is 4.98 Å². The molecule has 5 nitrogen and oxygen atoms in total. The van der Waals surface area contributed by atoms with Crippen molar-refractivity contribution in [3.63, 3.8) is 0 Å². The molecular weight excluding hydrogens is 263 g/mol. The fraction of sp³-hybridized carbons (Fsp3) is 0.500. The second-order valence-corrected chi connectivity index (χ2v) is 5.39. The summed E-state index contributed by atoms with van der Waals surface area (Å²) < 4.78 is 13.2. The van der Waals surface area contributed by atoms with Crippen LogP contribution in [0.3, 0.4) is 0 Å². The number of aryl methyl sites for hydroxylation is 1. The van der Waals surface area contributed by atoms with Gasteiger partial charge in [0.15, 0.2) is 0 Å². The molecule has 2 aliphatic heterocycles. The lowest BCUT2D eigenvalue weighted by Gasteiger charge is -2.37. The number of rotatable bonds is 1. The number of carbonyl (C=O) groups is 2. The smallest absolute Gasteiger partial charge is 0.308 e. The number of carbonyl (C=O) groups excluding carboxylic acids is 1. The number of amides is 1. The average molecular weight is 278 g/mol. The number of piperidine rings is 1. The molecule has 1 fully saturated rings. The second-order valence-electron chi connectivity index (χ2n) is 5.39. The first-order valence-electron chi connectivity index (χ1n) is 6.75. The molecular formula is C14H15FN2O3. The van der Waals surface area contributed by atoms with Gasteiger partial charge in [-0.25, -0.2) is 4.98 Å². The van der Waals surface area contributed by atoms with Gasteiger partial charge in [-0.1, -0.05) is 0 Å². The van der Waals surface area contributed by atoms with Crippen LogP contribution in [0.5, 0.6) is 0 Å². The summed E-state index contributed by atoms with van der Waals surface area (Å²) in [5, 5.41) is 9.12. The van der Waals surface area contributed by atoms with Crippen LogP contribution in [0.2, 0.25) is 0 Å². The Morgan fingerprint density at radius 2 is 2.15 bits per heavy atom. The Morgan fingerprint density at radius 3 is 2.90 bits per heavy atom. The Hall–Kier alpha value is -1.98. The predicted octanol–water partition coefficient (Wildman–Crippen LogP) is 1.47. The number of nitrogens with zero attached hydrogens (tertiary/aromatic N) is 2. The summed E-state index contributed by atoms with van der Waals surface area (Å²) in [6, 6.07) is 2.66. The highest BCUT2D eigenvalue weighted by Crippen LogP contribution is 2.30. The summed E-state index contributed by atoms with van der Waals surface area (Å²) >= 11 is 0. The van der Waals surface area contributed by atoms with Gasteiger partial charge in [0.1, 0.15) is 0 Å². The number of aliphatic carboxylic acids is 1. The van der Waals surface area contributed by atoms with Gasteiger partial charge in [0.05, 0.1) is 17.2 Å². The van der Waals surface area contributed by atoms with E-state index in [0.717, 1.165) is 0 Å². The number of carboxylic acids is 1. The van der Waals surface area contributed by atoms with Gasteiger partial charge < -0.3 is 10.0 Å². The molecule has 1 aromatic rings. The van der Waals surface area contributed by atoms with Crippen molar-refractivity contribution in [1.82, 2.24) is 9.88 Å². The molecule has 0 unspecified atom stereocenters. The molecule has 0 aliphatic carbocycles. The van der Waals surface area contributed by atoms with Crippen molar-refractivity contribution in [2.45, 2.75) is 31.7 Å². The van der Waals surface area contributed by atoms with Crippen molar-refractivity contribution in [3.05, 3.63) is 29.3 Å². The Kier molecular flexibility index (Phi) is 3.16. The third-order valence-corrected chi connectivity index (χ3v) is 4.20. The monoisotopic (exact) mass is 278 g/mol. The van der Waals surface area contributed by atoms with E-state index in [1.165, 1.54) is 12.1 Å². The maximum Gasteiger partial charge on any atom is 0.308 e. The van der Waals surface area contributed by atoms with Crippen molar-refractivity contribution in [3.8, 4) is 0 Å². The van der Waals surface area contributed by atoms with Crippen LogP contribution in [0.4, 0.5) is 4.39 Å². The molecule has 3 heterocycles. The molecule has 0 bridgehead atoms. The van der Waals surface area contributed by atoms with E-state index in [1.54, 1.807) is 4.90 Å². The van der Waals surface area contributed by atoms with Crippen LogP contribution in [0.1, 0.15) is 35.3 Å². The molecule has 20 heavy (non-hydrogen) atoms. The van der Waals surface area contributed by atoms with E-state index in [0.29, 0.717) is 36.9 Å². The number of halogens is 1. The molecule has 0 radical (unpaired) electrons. The summed E-state index contributed by atoms with van der Waals surface area (Å²) in [6.45, 7) is 0.232. The molecule has 106 valence electrons. The highest BCUT2D eigenvalue weighted by atomic mass is 19.1. The van der Waals surface area contributed by atoms with Gasteiger partial charge in [0, 0.05) is 12.6 Å². The summed E-state index contributed by atoms with van der Waals surface area (Å²) in [5.41, 5.74) is 0.885. The highest BCUT2D eigenvalue weighted by molar-refractivity contribution is 5.96. The lowest BCUT2D eigenvalue weighted by molar-refractivity contribution is -0.143. The molecule has 2 aliphatic rings. The SMILES string of the molecule is O=C(O)[C@@H]1CC[C@H]2CCc3nc(F)ccc3C(=O)N2C1. The molecule has 6 heteroatoms. The van der Waals surface area contributed by atoms with Crippen LogP contribution < -0.4 is 0 Å². The number of aromatic nitrogens is 1. The van der Waals surface area contributed by atoms with Crippen LogP contribution in [0.25, 0.3) is 0 Å². The Morgan fingerprint density at radius 1 is 1.35 bits per heavy atom. The molecule has 1 saturated heterocycles. The zero-order chi connectivity index (χ0) is 14.3. The second kappa shape index (κ2) is 4.85. The lowest BCUT2D eigenvalue weighted by atomic mass is 9.91. The fourth-order valence-electron chi connectivity index (χ4n) is 3.10. The van der Waals surface area contributed by atoms with E-state index < -0.39 is 17.8 Å². The number of fused-ring (bicyclic) bond motifs is 2. The number of pyridine rings is 1. The summed E-state index contributed by atoms with van der Waals surface area (Å²) in [6.07, 6.45) is 2.53. The van der Waals surface area contributed by atoms with Gasteiger partial charge in [-0.05, 0) is 37.8 Å². The normalized spacial score (nSPS) is 25.6. The van der Waals surface area contributed by atoms with Crippen molar-refractivity contribution in [2.24, 2.45) is 5.92 Å². The maximum absolute atomic E-state index is 13.2. The quantitative estimate of drug-likeness (QED) is 0.790. The first-order chi connectivity index (χ1) is 9.56. The topological polar surface area (TPSA) is 70.5 Å². The first kappa shape index (κ1) is 13.0. The van der Waals surface area contributed by atoms with Gasteiger partial charge >= 0.3 is 5.97 Å². The van der Waals surface area contributed by atoms with Gasteiger partial charge in [-0.15, -0.1) is 0 Å². The van der Waals surface area contributed by atoms with Crippen LogP contribution in [0.15, 0.2) is 12.1 Å². The molecule has 1 N–H and O–H groups in total. The molecule has 1 amide bonds. The van der Waals surface area contributed by atoms with Crippen LogP contribution in [-0.4, -0.2) is 39.5 Å². The standard InChI is InChI=1S/C14H15FN2O3/c15-12-6-4-10-11(16-12)5-3-9-2-1-8(14(19)20)7-17(9)13(10)18/h4,6,8-9H,1-3,5,7H2,(H,19,20)/t8-,9+/m1/s1. The van der Waals surface area contributed by atoms with Gasteiger partial charge in [0.25, 0.3) is 5.91 Å². The van der Waals surface area contributed by atoms with E-state index >= 15 is 0 Å². The Bertz CT molecular complexity index is 576. The third kappa shape index (κ3) is 2.15. The van der Waals surface area contributed by atoms with Crippen LogP contribution in [0, 0.1) is 11.9 Å². The molecule has 0 saturated carbocycles. The van der Waals surface area contributed by atoms with Crippen molar-refractivity contribution < 1.29 is 19.1 Å².